The second kappa shape index (κ2) is 6.78. The van der Waals surface area contributed by atoms with Gasteiger partial charge in [-0.2, -0.15) is 0 Å². The molecule has 0 radical (unpaired) electrons. The fraction of sp³-hybridized carbons (Fsp3) is 0.545. The summed E-state index contributed by atoms with van der Waals surface area (Å²) in [5.41, 5.74) is 0.530. The van der Waals surface area contributed by atoms with E-state index in [0.29, 0.717) is 17.6 Å². The van der Waals surface area contributed by atoms with Crippen LogP contribution < -0.4 is 5.32 Å². The van der Waals surface area contributed by atoms with Gasteiger partial charge in [-0.25, -0.2) is 0 Å². The summed E-state index contributed by atoms with van der Waals surface area (Å²) in [5, 5.41) is 3.37. The second-order valence-electron chi connectivity index (χ2n) is 8.25. The number of amides is 1. The molecule has 1 aromatic rings. The molecule has 3 heteroatoms. The van der Waals surface area contributed by atoms with Gasteiger partial charge in [0.05, 0.1) is 5.41 Å². The van der Waals surface area contributed by atoms with E-state index in [1.165, 1.54) is 0 Å². The summed E-state index contributed by atoms with van der Waals surface area (Å²) in [5.74, 6) is 2.21. The maximum absolute atomic E-state index is 12.9. The fourth-order valence-electron chi connectivity index (χ4n) is 5.17. The highest BCUT2D eigenvalue weighted by atomic mass is 16.2. The molecule has 4 saturated carbocycles. The lowest BCUT2D eigenvalue weighted by molar-refractivity contribution is -0.144. The number of hydrogen-bond acceptors (Lipinski definition) is 2. The Bertz CT molecular complexity index is 617. The van der Waals surface area contributed by atoms with Gasteiger partial charge in [-0.3, -0.25) is 9.59 Å². The van der Waals surface area contributed by atoms with Gasteiger partial charge in [0.2, 0.25) is 5.91 Å². The molecule has 5 rings (SSSR count). The largest absolute Gasteiger partial charge is 0.352 e. The summed E-state index contributed by atoms with van der Waals surface area (Å²) >= 11 is 0. The number of hydrogen-bond donors (Lipinski definition) is 1. The molecule has 0 saturated heterocycles. The van der Waals surface area contributed by atoms with Crippen LogP contribution in [0.15, 0.2) is 43.5 Å². The van der Waals surface area contributed by atoms with E-state index < -0.39 is 5.41 Å². The minimum absolute atomic E-state index is 0.118. The van der Waals surface area contributed by atoms with E-state index in [9.17, 15) is 9.59 Å². The molecular formula is C22H29NO2. The minimum Gasteiger partial charge on any atom is -0.352 e. The average Bonchev–Trinajstić information content (AvgIpc) is 2.62. The Balaban J connectivity index is 0.000000880. The van der Waals surface area contributed by atoms with Gasteiger partial charge in [0.15, 0.2) is 0 Å². The van der Waals surface area contributed by atoms with Crippen LogP contribution in [0.25, 0.3) is 0 Å². The summed E-state index contributed by atoms with van der Waals surface area (Å²) in [7, 11) is 0. The SMILES string of the molecule is C=C.CC(C)(C(=O)NC1C2CC3CC1CC(C2)C3=O)c1ccccc1. The number of rotatable bonds is 3. The molecular weight excluding hydrogens is 310 g/mol. The smallest absolute Gasteiger partial charge is 0.230 e. The van der Waals surface area contributed by atoms with Crippen molar-refractivity contribution in [2.75, 3.05) is 0 Å². The van der Waals surface area contributed by atoms with Crippen LogP contribution >= 0.6 is 0 Å². The molecule has 0 heterocycles. The van der Waals surface area contributed by atoms with Gasteiger partial charge < -0.3 is 5.32 Å². The van der Waals surface area contributed by atoms with Crippen LogP contribution in [0.1, 0.15) is 45.1 Å². The van der Waals surface area contributed by atoms with Crippen molar-refractivity contribution < 1.29 is 9.59 Å². The van der Waals surface area contributed by atoms with Gasteiger partial charge in [-0.1, -0.05) is 30.3 Å². The topological polar surface area (TPSA) is 46.2 Å². The van der Waals surface area contributed by atoms with Crippen molar-refractivity contribution in [3.63, 3.8) is 0 Å². The third-order valence-corrected chi connectivity index (χ3v) is 6.53. The zero-order chi connectivity index (χ0) is 18.2. The van der Waals surface area contributed by atoms with E-state index in [1.54, 1.807) is 0 Å². The monoisotopic (exact) mass is 339 g/mol. The maximum Gasteiger partial charge on any atom is 0.230 e. The highest BCUT2D eigenvalue weighted by molar-refractivity contribution is 5.88. The molecule has 0 atom stereocenters. The van der Waals surface area contributed by atoms with Gasteiger partial charge in [0.1, 0.15) is 5.78 Å². The fourth-order valence-corrected chi connectivity index (χ4v) is 5.17. The van der Waals surface area contributed by atoms with Crippen LogP contribution in [0.2, 0.25) is 0 Å². The van der Waals surface area contributed by atoms with Gasteiger partial charge in [-0.05, 0) is 56.9 Å². The standard InChI is InChI=1S/C20H25NO2.C2H4/c1-20(2,16-6-4-3-5-7-16)19(23)21-17-12-8-14-10-13(17)11-15(9-12)18(14)22;1-2/h3-7,12-15,17H,8-11H2,1-2H3,(H,21,23);1-2H2. The van der Waals surface area contributed by atoms with Crippen LogP contribution in [0.5, 0.6) is 0 Å². The second-order valence-corrected chi connectivity index (χ2v) is 8.25. The van der Waals surface area contributed by atoms with E-state index in [0.717, 1.165) is 31.2 Å². The summed E-state index contributed by atoms with van der Waals surface area (Å²) in [6.07, 6.45) is 3.95. The number of Topliss-reactive ketones (excluding diaryl/α,β-unsaturated/α-hetero) is 1. The third kappa shape index (κ3) is 3.05. The lowest BCUT2D eigenvalue weighted by Crippen LogP contribution is -2.60. The quantitative estimate of drug-likeness (QED) is 0.849. The summed E-state index contributed by atoms with van der Waals surface area (Å²) in [6.45, 7) is 9.99. The number of carbonyl (C=O) groups is 2. The zero-order valence-corrected chi connectivity index (χ0v) is 15.3. The number of ketones is 1. The number of carbonyl (C=O) groups excluding carboxylic acids is 2. The van der Waals surface area contributed by atoms with Crippen LogP contribution in [-0.4, -0.2) is 17.7 Å². The third-order valence-electron chi connectivity index (χ3n) is 6.53. The van der Waals surface area contributed by atoms with Crippen molar-refractivity contribution in [2.24, 2.45) is 23.7 Å². The molecule has 4 aliphatic rings. The van der Waals surface area contributed by atoms with Crippen LogP contribution in [-0.2, 0) is 15.0 Å². The Morgan fingerprint density at radius 2 is 1.48 bits per heavy atom. The summed E-state index contributed by atoms with van der Waals surface area (Å²) in [4.78, 5) is 25.1. The molecule has 1 amide bonds. The zero-order valence-electron chi connectivity index (χ0n) is 15.3. The Hall–Kier alpha value is -1.90. The normalized spacial score (nSPS) is 32.7. The molecule has 4 aliphatic carbocycles. The first-order valence-electron chi connectivity index (χ1n) is 9.37. The van der Waals surface area contributed by atoms with Crippen molar-refractivity contribution >= 4 is 11.7 Å². The Morgan fingerprint density at radius 1 is 1.00 bits per heavy atom. The van der Waals surface area contributed by atoms with Gasteiger partial charge in [-0.15, -0.1) is 13.2 Å². The van der Waals surface area contributed by atoms with Crippen LogP contribution in [0.4, 0.5) is 0 Å². The Morgan fingerprint density at radius 3 is 1.96 bits per heavy atom. The van der Waals surface area contributed by atoms with Gasteiger partial charge in [0, 0.05) is 17.9 Å². The molecule has 134 valence electrons. The predicted molar refractivity (Wildman–Crippen MR) is 100 cm³/mol. The van der Waals surface area contributed by atoms with Crippen molar-refractivity contribution in [2.45, 2.75) is 51.0 Å². The molecule has 0 spiro atoms. The van der Waals surface area contributed by atoms with E-state index in [2.05, 4.69) is 18.5 Å². The van der Waals surface area contributed by atoms with Crippen LogP contribution in [0.3, 0.4) is 0 Å². The lowest BCUT2D eigenvalue weighted by Gasteiger charge is -2.53. The number of nitrogens with one attached hydrogen (secondary N) is 1. The van der Waals surface area contributed by atoms with E-state index in [4.69, 9.17) is 0 Å². The lowest BCUT2D eigenvalue weighted by atomic mass is 9.53. The van der Waals surface area contributed by atoms with Gasteiger partial charge >= 0.3 is 0 Å². The Labute approximate surface area is 150 Å². The van der Waals surface area contributed by atoms with Crippen molar-refractivity contribution in [1.29, 1.82) is 0 Å². The molecule has 0 aromatic heterocycles. The van der Waals surface area contributed by atoms with Crippen molar-refractivity contribution in [1.82, 2.24) is 5.32 Å². The average molecular weight is 339 g/mol. The van der Waals surface area contributed by atoms with E-state index in [-0.39, 0.29) is 23.8 Å². The maximum atomic E-state index is 12.9. The first-order valence-corrected chi connectivity index (χ1v) is 9.37. The van der Waals surface area contributed by atoms with Crippen molar-refractivity contribution in [3.8, 4) is 0 Å². The van der Waals surface area contributed by atoms with E-state index >= 15 is 0 Å². The van der Waals surface area contributed by atoms with E-state index in [1.807, 2.05) is 44.2 Å². The van der Waals surface area contributed by atoms with Crippen LogP contribution in [0, 0.1) is 23.7 Å². The molecule has 1 N–H and O–H groups in total. The molecule has 4 bridgehead atoms. The highest BCUT2D eigenvalue weighted by Gasteiger charge is 2.53. The highest BCUT2D eigenvalue weighted by Crippen LogP contribution is 2.52. The summed E-state index contributed by atoms with van der Waals surface area (Å²) < 4.78 is 0. The van der Waals surface area contributed by atoms with Crippen molar-refractivity contribution in [3.05, 3.63) is 49.1 Å². The predicted octanol–water partition coefficient (Wildman–Crippen LogP) is 3.89. The molecule has 4 fully saturated rings. The molecule has 0 unspecified atom stereocenters. The molecule has 25 heavy (non-hydrogen) atoms. The molecule has 3 nitrogen and oxygen atoms in total. The van der Waals surface area contributed by atoms with Gasteiger partial charge in [0.25, 0.3) is 0 Å². The number of benzene rings is 1. The summed E-state index contributed by atoms with van der Waals surface area (Å²) in [6, 6.07) is 10.3. The molecule has 1 aromatic carbocycles. The first-order chi connectivity index (χ1) is 12.0. The first kappa shape index (κ1) is 17.9. The Kier molecular flexibility index (Phi) is 4.86. The minimum atomic E-state index is -0.522. The molecule has 0 aliphatic heterocycles.